The van der Waals surface area contributed by atoms with E-state index in [-0.39, 0.29) is 11.8 Å². The van der Waals surface area contributed by atoms with Crippen LogP contribution in [0.2, 0.25) is 0 Å². The number of rotatable bonds is 10. The van der Waals surface area contributed by atoms with Crippen molar-refractivity contribution in [3.05, 3.63) is 29.6 Å². The average Bonchev–Trinajstić information content (AvgIpc) is 3.36. The van der Waals surface area contributed by atoms with Crippen molar-refractivity contribution in [3.8, 4) is 0 Å². The molecule has 1 aromatic carbocycles. The fourth-order valence-electron chi connectivity index (χ4n) is 4.90. The quantitative estimate of drug-likeness (QED) is 0.535. The minimum absolute atomic E-state index is 0.178. The number of carboxylic acids is 1. The molecule has 6 nitrogen and oxygen atoms in total. The zero-order valence-electron chi connectivity index (χ0n) is 19.4. The summed E-state index contributed by atoms with van der Waals surface area (Å²) in [5.74, 6) is 0.638. The van der Waals surface area contributed by atoms with Crippen LogP contribution in [0.3, 0.4) is 0 Å². The van der Waals surface area contributed by atoms with Crippen LogP contribution in [-0.4, -0.2) is 32.6 Å². The molecular weight excluding hydrogens is 390 g/mol. The number of carboxylic acid groups (broad SMARTS) is 1. The van der Waals surface area contributed by atoms with Crippen LogP contribution >= 0.6 is 0 Å². The Hall–Kier alpha value is -2.37. The van der Waals surface area contributed by atoms with E-state index >= 15 is 0 Å². The van der Waals surface area contributed by atoms with Crippen molar-refractivity contribution >= 4 is 22.9 Å². The molecule has 0 saturated heterocycles. The fourth-order valence-corrected chi connectivity index (χ4v) is 4.90. The van der Waals surface area contributed by atoms with Gasteiger partial charge in [0.05, 0.1) is 11.0 Å². The van der Waals surface area contributed by atoms with E-state index in [4.69, 9.17) is 4.98 Å². The van der Waals surface area contributed by atoms with Crippen LogP contribution in [0.4, 0.5) is 0 Å². The standard InChI is InChI=1S/C25H37N3O3/c1-5-19(6-2)28-22-12-11-18(24(29)27-21(25(30)31)13-16(3)4)15-20(22)26-23(28)14-17-9-7-8-10-17/h11-12,15-17,19,21H,5-10,13-14H2,1-4H3,(H,27,29)(H,30,31)/t21-/m0/s1. The molecule has 170 valence electrons. The molecule has 31 heavy (non-hydrogen) atoms. The topological polar surface area (TPSA) is 84.2 Å². The second kappa shape index (κ2) is 10.3. The van der Waals surface area contributed by atoms with Crippen molar-refractivity contribution in [1.82, 2.24) is 14.9 Å². The third-order valence-electron chi connectivity index (χ3n) is 6.59. The molecule has 0 unspecified atom stereocenters. The Balaban J connectivity index is 1.91. The maximum atomic E-state index is 12.8. The number of fused-ring (bicyclic) bond motifs is 1. The third kappa shape index (κ3) is 5.46. The largest absolute Gasteiger partial charge is 0.480 e. The predicted molar refractivity (Wildman–Crippen MR) is 123 cm³/mol. The van der Waals surface area contributed by atoms with Gasteiger partial charge in [0.2, 0.25) is 0 Å². The van der Waals surface area contributed by atoms with Crippen molar-refractivity contribution in [1.29, 1.82) is 0 Å². The van der Waals surface area contributed by atoms with E-state index in [2.05, 4.69) is 23.7 Å². The van der Waals surface area contributed by atoms with Crippen LogP contribution < -0.4 is 5.32 Å². The monoisotopic (exact) mass is 427 g/mol. The number of imidazole rings is 1. The highest BCUT2D eigenvalue weighted by Crippen LogP contribution is 2.32. The summed E-state index contributed by atoms with van der Waals surface area (Å²) in [5, 5.41) is 12.1. The molecular formula is C25H37N3O3. The molecule has 0 bridgehead atoms. The lowest BCUT2D eigenvalue weighted by Crippen LogP contribution is -2.41. The fraction of sp³-hybridized carbons (Fsp3) is 0.640. The molecule has 1 aliphatic carbocycles. The van der Waals surface area contributed by atoms with E-state index in [0.29, 0.717) is 23.9 Å². The molecule has 1 amide bonds. The molecule has 1 heterocycles. The van der Waals surface area contributed by atoms with Gasteiger partial charge in [-0.1, -0.05) is 53.4 Å². The number of nitrogens with one attached hydrogen (secondary N) is 1. The van der Waals surface area contributed by atoms with Gasteiger partial charge in [0.25, 0.3) is 5.91 Å². The van der Waals surface area contributed by atoms with Crippen molar-refractivity contribution in [3.63, 3.8) is 0 Å². The molecule has 1 fully saturated rings. The van der Waals surface area contributed by atoms with Gasteiger partial charge in [-0.2, -0.15) is 0 Å². The van der Waals surface area contributed by atoms with Gasteiger partial charge >= 0.3 is 5.97 Å². The van der Waals surface area contributed by atoms with Gasteiger partial charge in [0.1, 0.15) is 11.9 Å². The van der Waals surface area contributed by atoms with E-state index in [1.54, 1.807) is 6.07 Å². The Morgan fingerprint density at radius 1 is 1.19 bits per heavy atom. The Bertz CT molecular complexity index is 908. The van der Waals surface area contributed by atoms with Crippen molar-refractivity contribution in [2.24, 2.45) is 11.8 Å². The molecule has 1 aromatic heterocycles. The van der Waals surface area contributed by atoms with Gasteiger partial charge < -0.3 is 15.0 Å². The molecule has 2 aromatic rings. The Labute approximate surface area is 185 Å². The molecule has 1 saturated carbocycles. The lowest BCUT2D eigenvalue weighted by Gasteiger charge is -2.20. The molecule has 6 heteroatoms. The van der Waals surface area contributed by atoms with Gasteiger partial charge in [-0.25, -0.2) is 9.78 Å². The van der Waals surface area contributed by atoms with Crippen molar-refractivity contribution in [2.75, 3.05) is 0 Å². The van der Waals surface area contributed by atoms with Crippen LogP contribution in [0.5, 0.6) is 0 Å². The number of carbonyl (C=O) groups excluding carboxylic acids is 1. The van der Waals surface area contributed by atoms with Crippen molar-refractivity contribution < 1.29 is 14.7 Å². The zero-order chi connectivity index (χ0) is 22.5. The molecule has 1 atom stereocenters. The first kappa shape index (κ1) is 23.3. The van der Waals surface area contributed by atoms with E-state index in [1.165, 1.54) is 25.7 Å². The van der Waals surface area contributed by atoms with Crippen LogP contribution in [0.15, 0.2) is 18.2 Å². The van der Waals surface area contributed by atoms with Crippen LogP contribution in [0, 0.1) is 11.8 Å². The Morgan fingerprint density at radius 3 is 2.45 bits per heavy atom. The lowest BCUT2D eigenvalue weighted by molar-refractivity contribution is -0.139. The minimum Gasteiger partial charge on any atom is -0.480 e. The van der Waals surface area contributed by atoms with E-state index < -0.39 is 12.0 Å². The summed E-state index contributed by atoms with van der Waals surface area (Å²) in [7, 11) is 0. The highest BCUT2D eigenvalue weighted by Gasteiger charge is 2.24. The molecule has 2 N–H and O–H groups in total. The van der Waals surface area contributed by atoms with Gasteiger partial charge in [0.15, 0.2) is 0 Å². The summed E-state index contributed by atoms with van der Waals surface area (Å²) < 4.78 is 2.38. The Kier molecular flexibility index (Phi) is 7.74. The lowest BCUT2D eigenvalue weighted by atomic mass is 10.0. The molecule has 0 aliphatic heterocycles. The molecule has 0 spiro atoms. The van der Waals surface area contributed by atoms with E-state index in [1.807, 2.05) is 26.0 Å². The zero-order valence-corrected chi connectivity index (χ0v) is 19.4. The second-order valence-electron chi connectivity index (χ2n) is 9.42. The first-order valence-corrected chi connectivity index (χ1v) is 11.9. The summed E-state index contributed by atoms with van der Waals surface area (Å²) in [6.45, 7) is 8.32. The number of hydrogen-bond acceptors (Lipinski definition) is 3. The van der Waals surface area contributed by atoms with Crippen LogP contribution in [-0.2, 0) is 11.2 Å². The average molecular weight is 428 g/mol. The summed E-state index contributed by atoms with van der Waals surface area (Å²) in [5.41, 5.74) is 2.35. The molecule has 0 radical (unpaired) electrons. The minimum atomic E-state index is -1.00. The van der Waals surface area contributed by atoms with Crippen molar-refractivity contribution in [2.45, 2.75) is 91.1 Å². The number of amides is 1. The number of nitrogens with zero attached hydrogens (tertiary/aromatic N) is 2. The first-order valence-electron chi connectivity index (χ1n) is 11.9. The smallest absolute Gasteiger partial charge is 0.326 e. The summed E-state index contributed by atoms with van der Waals surface area (Å²) >= 11 is 0. The number of carbonyl (C=O) groups is 2. The summed E-state index contributed by atoms with van der Waals surface area (Å²) in [6, 6.07) is 5.10. The summed E-state index contributed by atoms with van der Waals surface area (Å²) in [4.78, 5) is 29.3. The van der Waals surface area contributed by atoms with Gasteiger partial charge in [0, 0.05) is 18.0 Å². The first-order chi connectivity index (χ1) is 14.8. The number of aromatic nitrogens is 2. The summed E-state index contributed by atoms with van der Waals surface area (Å²) in [6.07, 6.45) is 8.62. The van der Waals surface area contributed by atoms with Gasteiger partial charge in [-0.15, -0.1) is 0 Å². The highest BCUT2D eigenvalue weighted by molar-refractivity contribution is 5.99. The van der Waals surface area contributed by atoms with Crippen LogP contribution in [0.1, 0.15) is 94.9 Å². The van der Waals surface area contributed by atoms with Crippen LogP contribution in [0.25, 0.3) is 11.0 Å². The normalized spacial score (nSPS) is 15.8. The van der Waals surface area contributed by atoms with E-state index in [9.17, 15) is 14.7 Å². The SMILES string of the molecule is CCC(CC)n1c(CC2CCCC2)nc2cc(C(=O)N[C@@H](CC(C)C)C(=O)O)ccc21. The van der Waals surface area contributed by atoms with E-state index in [0.717, 1.165) is 36.1 Å². The molecule has 1 aliphatic rings. The highest BCUT2D eigenvalue weighted by atomic mass is 16.4. The van der Waals surface area contributed by atoms with Gasteiger partial charge in [-0.3, -0.25) is 4.79 Å². The molecule has 3 rings (SSSR count). The maximum absolute atomic E-state index is 12.8. The number of hydrogen-bond donors (Lipinski definition) is 2. The number of benzene rings is 1. The maximum Gasteiger partial charge on any atom is 0.326 e. The Morgan fingerprint density at radius 2 is 1.87 bits per heavy atom. The number of aliphatic carboxylic acids is 1. The second-order valence-corrected chi connectivity index (χ2v) is 9.42. The third-order valence-corrected chi connectivity index (χ3v) is 6.59. The van der Waals surface area contributed by atoms with Gasteiger partial charge in [-0.05, 0) is 49.3 Å². The predicted octanol–water partition coefficient (Wildman–Crippen LogP) is 5.36.